The predicted molar refractivity (Wildman–Crippen MR) is 73.4 cm³/mol. The van der Waals surface area contributed by atoms with Gasteiger partial charge in [0.1, 0.15) is 10.8 Å². The van der Waals surface area contributed by atoms with Gasteiger partial charge in [-0.3, -0.25) is 4.79 Å². The average molecular weight is 290 g/mol. The molecule has 0 saturated carbocycles. The summed E-state index contributed by atoms with van der Waals surface area (Å²) in [5.41, 5.74) is 1.71. The first-order chi connectivity index (χ1) is 9.56. The zero-order valence-electron chi connectivity index (χ0n) is 10.5. The number of carbonyl (C=O) groups is 1. The van der Waals surface area contributed by atoms with Crippen molar-refractivity contribution in [1.29, 1.82) is 0 Å². The van der Waals surface area contributed by atoms with Crippen molar-refractivity contribution in [3.63, 3.8) is 0 Å². The molecular weight excluding hydrogens is 281 g/mol. The zero-order valence-corrected chi connectivity index (χ0v) is 11.2. The number of benzene rings is 1. The fourth-order valence-electron chi connectivity index (χ4n) is 2.00. The summed E-state index contributed by atoms with van der Waals surface area (Å²) in [4.78, 5) is 16.1. The first kappa shape index (κ1) is 12.7. The SMILES string of the molecule is CC(=O)c1cn2ncc(Cl)c2nc1-c1cccc(F)c1. The fourth-order valence-corrected chi connectivity index (χ4v) is 2.17. The van der Waals surface area contributed by atoms with Crippen LogP contribution in [0.5, 0.6) is 0 Å². The Kier molecular flexibility index (Phi) is 2.99. The summed E-state index contributed by atoms with van der Waals surface area (Å²) in [6.45, 7) is 1.43. The molecule has 2 heterocycles. The van der Waals surface area contributed by atoms with Gasteiger partial charge in [0, 0.05) is 11.8 Å². The number of hydrogen-bond acceptors (Lipinski definition) is 3. The summed E-state index contributed by atoms with van der Waals surface area (Å²) in [7, 11) is 0. The Labute approximate surface area is 118 Å². The molecule has 0 unspecified atom stereocenters. The highest BCUT2D eigenvalue weighted by Crippen LogP contribution is 2.25. The summed E-state index contributed by atoms with van der Waals surface area (Å²) >= 11 is 5.99. The Morgan fingerprint density at radius 2 is 2.20 bits per heavy atom. The van der Waals surface area contributed by atoms with E-state index in [-0.39, 0.29) is 5.78 Å². The maximum atomic E-state index is 13.4. The van der Waals surface area contributed by atoms with E-state index >= 15 is 0 Å². The number of halogens is 2. The van der Waals surface area contributed by atoms with E-state index in [2.05, 4.69) is 10.1 Å². The van der Waals surface area contributed by atoms with Gasteiger partial charge in [-0.1, -0.05) is 23.7 Å². The molecule has 0 amide bonds. The van der Waals surface area contributed by atoms with Gasteiger partial charge in [0.2, 0.25) is 0 Å². The van der Waals surface area contributed by atoms with Crippen LogP contribution in [0.25, 0.3) is 16.9 Å². The molecular formula is C14H9ClFN3O. The molecule has 2 aromatic heterocycles. The number of aromatic nitrogens is 3. The van der Waals surface area contributed by atoms with Gasteiger partial charge in [-0.05, 0) is 19.1 Å². The lowest BCUT2D eigenvalue weighted by atomic mass is 10.0. The lowest BCUT2D eigenvalue weighted by molar-refractivity contribution is 0.101. The molecule has 0 fully saturated rings. The second kappa shape index (κ2) is 4.68. The standard InChI is InChI=1S/C14H9ClFN3O/c1-8(20)11-7-19-14(12(15)6-17-19)18-13(11)9-3-2-4-10(16)5-9/h2-7H,1H3. The van der Waals surface area contributed by atoms with Crippen LogP contribution in [0.2, 0.25) is 5.02 Å². The van der Waals surface area contributed by atoms with Crippen LogP contribution >= 0.6 is 11.6 Å². The highest BCUT2D eigenvalue weighted by molar-refractivity contribution is 6.33. The van der Waals surface area contributed by atoms with E-state index < -0.39 is 5.82 Å². The molecule has 3 aromatic rings. The molecule has 1 aromatic carbocycles. The van der Waals surface area contributed by atoms with Crippen LogP contribution in [0.1, 0.15) is 17.3 Å². The lowest BCUT2D eigenvalue weighted by Gasteiger charge is -2.07. The van der Waals surface area contributed by atoms with Crippen LogP contribution in [0.3, 0.4) is 0 Å². The van der Waals surface area contributed by atoms with E-state index in [1.165, 1.54) is 29.8 Å². The minimum absolute atomic E-state index is 0.176. The van der Waals surface area contributed by atoms with Gasteiger partial charge in [0.25, 0.3) is 0 Å². The molecule has 0 spiro atoms. The van der Waals surface area contributed by atoms with Gasteiger partial charge in [-0.2, -0.15) is 5.10 Å². The highest BCUT2D eigenvalue weighted by Gasteiger charge is 2.15. The van der Waals surface area contributed by atoms with Crippen molar-refractivity contribution in [3.8, 4) is 11.3 Å². The molecule has 6 heteroatoms. The largest absolute Gasteiger partial charge is 0.294 e. The number of rotatable bonds is 2. The van der Waals surface area contributed by atoms with Gasteiger partial charge < -0.3 is 0 Å². The molecule has 4 nitrogen and oxygen atoms in total. The van der Waals surface area contributed by atoms with Crippen molar-refractivity contribution in [2.45, 2.75) is 6.92 Å². The normalized spacial score (nSPS) is 10.9. The minimum Gasteiger partial charge on any atom is -0.294 e. The summed E-state index contributed by atoms with van der Waals surface area (Å²) < 4.78 is 14.8. The minimum atomic E-state index is -0.390. The highest BCUT2D eigenvalue weighted by atomic mass is 35.5. The van der Waals surface area contributed by atoms with Crippen LogP contribution in [-0.2, 0) is 0 Å². The third kappa shape index (κ3) is 2.06. The summed E-state index contributed by atoms with van der Waals surface area (Å²) in [6, 6.07) is 5.92. The molecule has 100 valence electrons. The molecule has 0 saturated heterocycles. The van der Waals surface area contributed by atoms with Crippen molar-refractivity contribution >= 4 is 23.0 Å². The molecule has 0 radical (unpaired) electrons. The molecule has 0 aliphatic carbocycles. The first-order valence-electron chi connectivity index (χ1n) is 5.87. The quantitative estimate of drug-likeness (QED) is 0.679. The molecule has 0 aliphatic rings. The van der Waals surface area contributed by atoms with Crippen LogP contribution in [0, 0.1) is 5.82 Å². The van der Waals surface area contributed by atoms with Gasteiger partial charge in [0.05, 0.1) is 17.5 Å². The van der Waals surface area contributed by atoms with Crippen molar-refractivity contribution in [3.05, 3.63) is 53.1 Å². The Morgan fingerprint density at radius 3 is 2.90 bits per heavy atom. The van der Waals surface area contributed by atoms with Crippen molar-refractivity contribution in [2.75, 3.05) is 0 Å². The van der Waals surface area contributed by atoms with Gasteiger partial charge in [0.15, 0.2) is 11.4 Å². The van der Waals surface area contributed by atoms with E-state index in [0.29, 0.717) is 27.5 Å². The van der Waals surface area contributed by atoms with Gasteiger partial charge in [-0.25, -0.2) is 13.9 Å². The van der Waals surface area contributed by atoms with E-state index in [1.54, 1.807) is 18.3 Å². The van der Waals surface area contributed by atoms with E-state index in [0.717, 1.165) is 0 Å². The van der Waals surface area contributed by atoms with Crippen molar-refractivity contribution < 1.29 is 9.18 Å². The predicted octanol–water partition coefficient (Wildman–Crippen LogP) is 3.39. The molecule has 0 bridgehead atoms. The zero-order chi connectivity index (χ0) is 14.3. The summed E-state index contributed by atoms with van der Waals surface area (Å²) in [5, 5.41) is 4.38. The smallest absolute Gasteiger partial charge is 0.174 e. The summed E-state index contributed by atoms with van der Waals surface area (Å²) in [5.74, 6) is -0.566. The molecule has 0 aliphatic heterocycles. The third-order valence-electron chi connectivity index (χ3n) is 2.93. The second-order valence-corrected chi connectivity index (χ2v) is 4.74. The van der Waals surface area contributed by atoms with E-state index in [1.807, 2.05) is 0 Å². The average Bonchev–Trinajstić information content (AvgIpc) is 2.78. The molecule has 3 rings (SSSR count). The number of carbonyl (C=O) groups excluding carboxylic acids is 1. The van der Waals surface area contributed by atoms with Crippen molar-refractivity contribution in [1.82, 2.24) is 14.6 Å². The Hall–Kier alpha value is -2.27. The third-order valence-corrected chi connectivity index (χ3v) is 3.19. The maximum Gasteiger partial charge on any atom is 0.174 e. The number of fused-ring (bicyclic) bond motifs is 1. The number of Topliss-reactive ketones (excluding diaryl/α,β-unsaturated/α-hetero) is 1. The molecule has 0 atom stereocenters. The Balaban J connectivity index is 2.34. The number of ketones is 1. The number of nitrogens with zero attached hydrogens (tertiary/aromatic N) is 3. The lowest BCUT2D eigenvalue weighted by Crippen LogP contribution is -2.03. The van der Waals surface area contributed by atoms with Gasteiger partial charge >= 0.3 is 0 Å². The Morgan fingerprint density at radius 1 is 1.40 bits per heavy atom. The van der Waals surface area contributed by atoms with Crippen LogP contribution in [-0.4, -0.2) is 20.4 Å². The fraction of sp³-hybridized carbons (Fsp3) is 0.0714. The first-order valence-corrected chi connectivity index (χ1v) is 6.25. The van der Waals surface area contributed by atoms with Crippen molar-refractivity contribution in [2.24, 2.45) is 0 Å². The summed E-state index contributed by atoms with van der Waals surface area (Å²) in [6.07, 6.45) is 3.00. The second-order valence-electron chi connectivity index (χ2n) is 4.33. The van der Waals surface area contributed by atoms with Crippen LogP contribution in [0.4, 0.5) is 4.39 Å². The monoisotopic (exact) mass is 289 g/mol. The molecule has 20 heavy (non-hydrogen) atoms. The van der Waals surface area contributed by atoms with Crippen LogP contribution in [0.15, 0.2) is 36.7 Å². The molecule has 0 N–H and O–H groups in total. The van der Waals surface area contributed by atoms with E-state index in [4.69, 9.17) is 11.6 Å². The van der Waals surface area contributed by atoms with Crippen LogP contribution < -0.4 is 0 Å². The number of hydrogen-bond donors (Lipinski definition) is 0. The maximum absolute atomic E-state index is 13.4. The topological polar surface area (TPSA) is 47.3 Å². The van der Waals surface area contributed by atoms with E-state index in [9.17, 15) is 9.18 Å². The van der Waals surface area contributed by atoms with Gasteiger partial charge in [-0.15, -0.1) is 0 Å². The Bertz CT molecular complexity index is 828.